The van der Waals surface area contributed by atoms with Gasteiger partial charge in [0, 0.05) is 0 Å². The molecule has 0 unspecified atom stereocenters. The maximum Gasteiger partial charge on any atom is 0.248 e. The Morgan fingerprint density at radius 2 is 1.67 bits per heavy atom. The van der Waals surface area contributed by atoms with E-state index in [0.717, 1.165) is 0 Å². The molecule has 0 bridgehead atoms. The number of rotatable bonds is 1. The Kier molecular flexibility index (Phi) is 1.45. The van der Waals surface area contributed by atoms with Gasteiger partial charge in [-0.2, -0.15) is 5.21 Å². The first kappa shape index (κ1) is 5.80. The Morgan fingerprint density at radius 3 is 1.67 bits per heavy atom. The number of hydrogen-bond acceptors (Lipinski definition) is 4. The molecule has 0 fully saturated rings. The third kappa shape index (κ3) is 3.80. The van der Waals surface area contributed by atoms with Crippen molar-refractivity contribution in [1.82, 2.24) is 0 Å². The number of aliphatic hydroxyl groups is 1. The predicted molar refractivity (Wildman–Crippen MR) is 17.5 cm³/mol. The lowest BCUT2D eigenvalue weighted by Crippen LogP contribution is -2.58. The van der Waals surface area contributed by atoms with E-state index in [4.69, 9.17) is 10.3 Å². The van der Waals surface area contributed by atoms with E-state index in [-0.39, 0.29) is 0 Å². The summed E-state index contributed by atoms with van der Waals surface area (Å²) in [6, 6.07) is 0. The van der Waals surface area contributed by atoms with Crippen molar-refractivity contribution in [2.45, 2.75) is 0 Å². The Morgan fingerprint density at radius 1 is 1.50 bits per heavy atom. The number of nitrogens with two attached hydrogens (primary N) is 2. The van der Waals surface area contributed by atoms with Gasteiger partial charge in [-0.3, -0.25) is 0 Å². The molecular formula is CH8N3O2+. The third-order valence-electron chi connectivity index (χ3n) is 0.227. The molecule has 0 saturated heterocycles. The fraction of sp³-hybridized carbons (Fsp3) is 1.00. The zero-order valence-electron chi connectivity index (χ0n) is 3.20. The SMILES string of the molecule is N[N+](N)(O)CO. The summed E-state index contributed by atoms with van der Waals surface area (Å²) < 4.78 is 0. The van der Waals surface area contributed by atoms with Crippen LogP contribution >= 0.6 is 0 Å². The molecule has 0 spiro atoms. The molecule has 0 rings (SSSR count). The molecule has 0 aromatic carbocycles. The minimum Gasteiger partial charge on any atom is -0.342 e. The molecule has 0 atom stereocenters. The molecule has 6 heavy (non-hydrogen) atoms. The molecule has 0 amide bonds. The molecule has 0 aromatic rings. The van der Waals surface area contributed by atoms with Gasteiger partial charge in [-0.05, 0) is 4.86 Å². The monoisotopic (exact) mass is 94.1 g/mol. The van der Waals surface area contributed by atoms with Gasteiger partial charge in [0.2, 0.25) is 6.73 Å². The zero-order chi connectivity index (χ0) is 5.21. The molecule has 6 N–H and O–H groups in total. The Hall–Kier alpha value is -0.200. The van der Waals surface area contributed by atoms with Crippen LogP contribution in [0.4, 0.5) is 0 Å². The van der Waals surface area contributed by atoms with Crippen molar-refractivity contribution in [3.63, 3.8) is 0 Å². The largest absolute Gasteiger partial charge is 0.342 e. The van der Waals surface area contributed by atoms with Gasteiger partial charge in [0.15, 0.2) is 0 Å². The standard InChI is InChI=1S/CH8N3O2/c2-4(3,6)1-5/h5-6H,1-3H2/q+1. The Balaban J connectivity index is 3.17. The van der Waals surface area contributed by atoms with Gasteiger partial charge in [0.1, 0.15) is 0 Å². The first-order valence-electron chi connectivity index (χ1n) is 1.35. The van der Waals surface area contributed by atoms with E-state index in [0.29, 0.717) is 0 Å². The van der Waals surface area contributed by atoms with Gasteiger partial charge in [-0.1, -0.05) is 0 Å². The highest BCUT2D eigenvalue weighted by molar-refractivity contribution is 3.70. The molecule has 38 valence electrons. The first-order chi connectivity index (χ1) is 2.56. The highest BCUT2D eigenvalue weighted by Gasteiger charge is 2.06. The fourth-order valence-electron chi connectivity index (χ4n) is 0. The van der Waals surface area contributed by atoms with Gasteiger partial charge in [0.25, 0.3) is 0 Å². The number of hydroxylamine groups is 1. The summed E-state index contributed by atoms with van der Waals surface area (Å²) in [5.74, 6) is 9.11. The number of quaternary nitrogens is 1. The molecule has 0 saturated carbocycles. The summed E-state index contributed by atoms with van der Waals surface area (Å²) in [5.41, 5.74) is 0. The summed E-state index contributed by atoms with van der Waals surface area (Å²) >= 11 is 0. The number of aliphatic hydroxyl groups excluding tert-OH is 1. The van der Waals surface area contributed by atoms with Crippen LogP contribution in [0.25, 0.3) is 0 Å². The van der Waals surface area contributed by atoms with Gasteiger partial charge in [-0.25, -0.2) is 0 Å². The van der Waals surface area contributed by atoms with Crippen molar-refractivity contribution in [2.24, 2.45) is 11.7 Å². The lowest BCUT2D eigenvalue weighted by molar-refractivity contribution is -1.13. The van der Waals surface area contributed by atoms with Crippen molar-refractivity contribution in [1.29, 1.82) is 0 Å². The van der Waals surface area contributed by atoms with Gasteiger partial charge in [-0.15, -0.1) is 11.7 Å². The lowest BCUT2D eigenvalue weighted by atomic mass is 11.3. The molecule has 0 radical (unpaired) electrons. The molecule has 0 aliphatic carbocycles. The summed E-state index contributed by atoms with van der Waals surface area (Å²) in [6.45, 7) is -0.681. The second-order valence-corrected chi connectivity index (χ2v) is 1.03. The van der Waals surface area contributed by atoms with Crippen molar-refractivity contribution >= 4 is 0 Å². The summed E-state index contributed by atoms with van der Waals surface area (Å²) in [6.07, 6.45) is 0. The highest BCUT2D eigenvalue weighted by Crippen LogP contribution is 1.66. The van der Waals surface area contributed by atoms with Gasteiger partial charge in [0.05, 0.1) is 0 Å². The van der Waals surface area contributed by atoms with Crippen LogP contribution in [0.15, 0.2) is 0 Å². The van der Waals surface area contributed by atoms with Crippen molar-refractivity contribution in [3.8, 4) is 0 Å². The van der Waals surface area contributed by atoms with Crippen LogP contribution in [0.1, 0.15) is 0 Å². The van der Waals surface area contributed by atoms with Crippen LogP contribution in [0.5, 0.6) is 0 Å². The van der Waals surface area contributed by atoms with Crippen LogP contribution in [0, 0.1) is 0 Å². The van der Waals surface area contributed by atoms with Crippen LogP contribution in [-0.4, -0.2) is 21.9 Å². The van der Waals surface area contributed by atoms with E-state index in [1.165, 1.54) is 0 Å². The van der Waals surface area contributed by atoms with E-state index in [2.05, 4.69) is 11.7 Å². The molecule has 0 aliphatic heterocycles. The molecule has 5 heteroatoms. The quantitative estimate of drug-likeness (QED) is 0.129. The normalized spacial score (nSPS) is 12.0. The van der Waals surface area contributed by atoms with E-state index in [9.17, 15) is 0 Å². The second kappa shape index (κ2) is 1.50. The maximum atomic E-state index is 8.07. The van der Waals surface area contributed by atoms with Crippen LogP contribution in [-0.2, 0) is 0 Å². The highest BCUT2D eigenvalue weighted by atomic mass is 16.6. The number of hydrogen-bond donors (Lipinski definition) is 4. The van der Waals surface area contributed by atoms with E-state index < -0.39 is 11.6 Å². The van der Waals surface area contributed by atoms with Crippen LogP contribution in [0.3, 0.4) is 0 Å². The summed E-state index contributed by atoms with van der Waals surface area (Å²) in [5, 5.41) is 15.9. The molecule has 0 heterocycles. The molecule has 0 aromatic heterocycles. The van der Waals surface area contributed by atoms with Gasteiger partial charge < -0.3 is 5.11 Å². The minimum absolute atomic E-state index is 0.681. The fourth-order valence-corrected chi connectivity index (χ4v) is 0. The average Bonchev–Trinajstić information content (AvgIpc) is 1.35. The van der Waals surface area contributed by atoms with Crippen molar-refractivity contribution < 1.29 is 15.2 Å². The molecule has 0 aliphatic rings. The van der Waals surface area contributed by atoms with Crippen molar-refractivity contribution in [3.05, 3.63) is 0 Å². The topological polar surface area (TPSA) is 92.5 Å². The summed E-state index contributed by atoms with van der Waals surface area (Å²) in [4.78, 5) is -1.38. The third-order valence-corrected chi connectivity index (χ3v) is 0.227. The Labute approximate surface area is 34.9 Å². The average molecular weight is 94.1 g/mol. The Bertz CT molecular complexity index is 38.5. The second-order valence-electron chi connectivity index (χ2n) is 1.03. The summed E-state index contributed by atoms with van der Waals surface area (Å²) in [7, 11) is 0. The first-order valence-corrected chi connectivity index (χ1v) is 1.35. The maximum absolute atomic E-state index is 8.07. The van der Waals surface area contributed by atoms with E-state index >= 15 is 0 Å². The predicted octanol–water partition coefficient (Wildman–Crippen LogP) is -2.11. The van der Waals surface area contributed by atoms with Gasteiger partial charge >= 0.3 is 0 Å². The lowest BCUT2D eigenvalue weighted by Gasteiger charge is -2.10. The zero-order valence-corrected chi connectivity index (χ0v) is 3.20. The molecule has 5 nitrogen and oxygen atoms in total. The molecular weight excluding hydrogens is 86.0 g/mol. The van der Waals surface area contributed by atoms with Crippen molar-refractivity contribution in [2.75, 3.05) is 6.73 Å². The minimum atomic E-state index is -1.38. The van der Waals surface area contributed by atoms with Crippen LogP contribution < -0.4 is 11.7 Å². The van der Waals surface area contributed by atoms with E-state index in [1.807, 2.05) is 0 Å². The number of nitrogens with zero attached hydrogens (tertiary/aromatic N) is 1. The van der Waals surface area contributed by atoms with E-state index in [1.54, 1.807) is 0 Å². The van der Waals surface area contributed by atoms with Crippen LogP contribution in [0.2, 0.25) is 0 Å². The smallest absolute Gasteiger partial charge is 0.248 e.